The number of carbonyl (C=O) groups is 1. The van der Waals surface area contributed by atoms with Crippen LogP contribution in [0.4, 0.5) is 0 Å². The molecular weight excluding hydrogens is 270 g/mol. The Balaban J connectivity index is 2.69. The highest BCUT2D eigenvalue weighted by molar-refractivity contribution is 5.71. The number of nitrogens with one attached hydrogen (secondary N) is 1. The zero-order valence-corrected chi connectivity index (χ0v) is 13.3. The van der Waals surface area contributed by atoms with Crippen molar-refractivity contribution in [2.75, 3.05) is 26.9 Å². The number of esters is 1. The van der Waals surface area contributed by atoms with Crippen LogP contribution < -0.4 is 14.8 Å². The fourth-order valence-electron chi connectivity index (χ4n) is 1.80. The average Bonchev–Trinajstić information content (AvgIpc) is 2.45. The van der Waals surface area contributed by atoms with Crippen LogP contribution in [0.2, 0.25) is 0 Å². The van der Waals surface area contributed by atoms with Gasteiger partial charge in [-0.1, -0.05) is 13.8 Å². The van der Waals surface area contributed by atoms with Crippen molar-refractivity contribution in [1.82, 2.24) is 5.32 Å². The van der Waals surface area contributed by atoms with Gasteiger partial charge in [-0.15, -0.1) is 0 Å². The van der Waals surface area contributed by atoms with Crippen LogP contribution in [0, 0.1) is 5.92 Å². The first-order valence-electron chi connectivity index (χ1n) is 7.22. The molecule has 1 N–H and O–H groups in total. The standard InChI is InChI=1S/C16H25NO4/c1-5-20-16(18)11-21-15-7-6-14(19-4)8-13(15)10-17-9-12(2)3/h6-8,12,17H,5,9-11H2,1-4H3. The van der Waals surface area contributed by atoms with Crippen molar-refractivity contribution in [2.24, 2.45) is 5.92 Å². The van der Waals surface area contributed by atoms with Gasteiger partial charge in [0.15, 0.2) is 6.61 Å². The molecule has 0 aliphatic heterocycles. The lowest BCUT2D eigenvalue weighted by molar-refractivity contribution is -0.145. The largest absolute Gasteiger partial charge is 0.497 e. The number of ether oxygens (including phenoxy) is 3. The second kappa shape index (κ2) is 9.23. The average molecular weight is 295 g/mol. The summed E-state index contributed by atoms with van der Waals surface area (Å²) >= 11 is 0. The summed E-state index contributed by atoms with van der Waals surface area (Å²) in [7, 11) is 1.62. The normalized spacial score (nSPS) is 10.5. The maximum Gasteiger partial charge on any atom is 0.344 e. The Morgan fingerprint density at radius 1 is 1.33 bits per heavy atom. The predicted molar refractivity (Wildman–Crippen MR) is 81.7 cm³/mol. The lowest BCUT2D eigenvalue weighted by Crippen LogP contribution is -2.20. The zero-order valence-electron chi connectivity index (χ0n) is 13.3. The van der Waals surface area contributed by atoms with Gasteiger partial charge in [-0.05, 0) is 37.6 Å². The Hall–Kier alpha value is -1.75. The number of benzene rings is 1. The molecule has 0 bridgehead atoms. The van der Waals surface area contributed by atoms with E-state index in [1.54, 1.807) is 14.0 Å². The molecule has 0 aliphatic carbocycles. The van der Waals surface area contributed by atoms with Gasteiger partial charge in [-0.25, -0.2) is 4.79 Å². The van der Waals surface area contributed by atoms with E-state index in [0.717, 1.165) is 17.9 Å². The van der Waals surface area contributed by atoms with E-state index >= 15 is 0 Å². The first-order valence-corrected chi connectivity index (χ1v) is 7.22. The monoisotopic (exact) mass is 295 g/mol. The van der Waals surface area contributed by atoms with Crippen LogP contribution in [0.25, 0.3) is 0 Å². The highest BCUT2D eigenvalue weighted by Gasteiger charge is 2.09. The molecule has 0 saturated carbocycles. The van der Waals surface area contributed by atoms with Gasteiger partial charge in [0.2, 0.25) is 0 Å². The van der Waals surface area contributed by atoms with E-state index in [1.807, 2.05) is 18.2 Å². The molecule has 1 aromatic rings. The summed E-state index contributed by atoms with van der Waals surface area (Å²) in [6, 6.07) is 5.53. The fraction of sp³-hybridized carbons (Fsp3) is 0.562. The topological polar surface area (TPSA) is 56.8 Å². The van der Waals surface area contributed by atoms with E-state index in [1.165, 1.54) is 0 Å². The molecule has 0 saturated heterocycles. The summed E-state index contributed by atoms with van der Waals surface area (Å²) in [6.45, 7) is 7.91. The molecule has 0 fully saturated rings. The van der Waals surface area contributed by atoms with E-state index < -0.39 is 0 Å². The molecule has 0 atom stereocenters. The molecule has 0 spiro atoms. The second-order valence-corrected chi connectivity index (χ2v) is 5.09. The van der Waals surface area contributed by atoms with E-state index in [-0.39, 0.29) is 12.6 Å². The molecular formula is C16H25NO4. The summed E-state index contributed by atoms with van der Waals surface area (Å²) in [5.74, 6) is 1.63. The smallest absolute Gasteiger partial charge is 0.344 e. The molecule has 0 aromatic heterocycles. The van der Waals surface area contributed by atoms with Gasteiger partial charge >= 0.3 is 5.97 Å². The number of carbonyl (C=O) groups excluding carboxylic acids is 1. The molecule has 0 aliphatic rings. The van der Waals surface area contributed by atoms with Crippen LogP contribution in [0.3, 0.4) is 0 Å². The van der Waals surface area contributed by atoms with Crippen molar-refractivity contribution >= 4 is 5.97 Å². The molecule has 118 valence electrons. The van der Waals surface area contributed by atoms with E-state index in [9.17, 15) is 4.79 Å². The predicted octanol–water partition coefficient (Wildman–Crippen LogP) is 2.38. The number of rotatable bonds is 9. The Kier molecular flexibility index (Phi) is 7.61. The van der Waals surface area contributed by atoms with E-state index in [2.05, 4.69) is 19.2 Å². The minimum atomic E-state index is -0.366. The first-order chi connectivity index (χ1) is 10.1. The quantitative estimate of drug-likeness (QED) is 0.709. The van der Waals surface area contributed by atoms with Gasteiger partial charge in [-0.2, -0.15) is 0 Å². The maximum absolute atomic E-state index is 11.4. The lowest BCUT2D eigenvalue weighted by atomic mass is 10.1. The molecule has 1 rings (SSSR count). The van der Waals surface area contributed by atoms with Crippen LogP contribution >= 0.6 is 0 Å². The summed E-state index contributed by atoms with van der Waals surface area (Å²) in [5.41, 5.74) is 0.958. The molecule has 5 heteroatoms. The summed E-state index contributed by atoms with van der Waals surface area (Å²) in [6.07, 6.45) is 0. The van der Waals surface area contributed by atoms with Crippen molar-refractivity contribution < 1.29 is 19.0 Å². The van der Waals surface area contributed by atoms with Gasteiger partial charge in [-0.3, -0.25) is 0 Å². The number of methoxy groups -OCH3 is 1. The molecule has 5 nitrogen and oxygen atoms in total. The summed E-state index contributed by atoms with van der Waals surface area (Å²) < 4.78 is 15.6. The van der Waals surface area contributed by atoms with Crippen molar-refractivity contribution in [3.8, 4) is 11.5 Å². The Morgan fingerprint density at radius 2 is 2.10 bits per heavy atom. The third-order valence-electron chi connectivity index (χ3n) is 2.79. The van der Waals surface area contributed by atoms with Crippen molar-refractivity contribution in [3.63, 3.8) is 0 Å². The SMILES string of the molecule is CCOC(=O)COc1ccc(OC)cc1CNCC(C)C. The van der Waals surface area contributed by atoms with Crippen LogP contribution in [-0.4, -0.2) is 32.8 Å². The van der Waals surface area contributed by atoms with E-state index in [0.29, 0.717) is 24.8 Å². The van der Waals surface area contributed by atoms with Crippen molar-refractivity contribution in [3.05, 3.63) is 23.8 Å². The minimum absolute atomic E-state index is 0.0860. The zero-order chi connectivity index (χ0) is 15.7. The van der Waals surface area contributed by atoms with Crippen molar-refractivity contribution in [2.45, 2.75) is 27.3 Å². The van der Waals surface area contributed by atoms with Gasteiger partial charge in [0.25, 0.3) is 0 Å². The van der Waals surface area contributed by atoms with Crippen LogP contribution in [-0.2, 0) is 16.1 Å². The Bertz CT molecular complexity index is 446. The van der Waals surface area contributed by atoms with Crippen LogP contribution in [0.5, 0.6) is 11.5 Å². The number of hydrogen-bond donors (Lipinski definition) is 1. The third-order valence-corrected chi connectivity index (χ3v) is 2.79. The van der Waals surface area contributed by atoms with Gasteiger partial charge < -0.3 is 19.5 Å². The molecule has 0 radical (unpaired) electrons. The highest BCUT2D eigenvalue weighted by atomic mass is 16.6. The van der Waals surface area contributed by atoms with Gasteiger partial charge in [0.05, 0.1) is 13.7 Å². The second-order valence-electron chi connectivity index (χ2n) is 5.09. The van der Waals surface area contributed by atoms with Crippen LogP contribution in [0.1, 0.15) is 26.3 Å². The van der Waals surface area contributed by atoms with Crippen molar-refractivity contribution in [1.29, 1.82) is 0 Å². The summed E-state index contributed by atoms with van der Waals surface area (Å²) in [4.78, 5) is 11.4. The Morgan fingerprint density at radius 3 is 2.71 bits per heavy atom. The third kappa shape index (κ3) is 6.49. The molecule has 1 aromatic carbocycles. The molecule has 0 heterocycles. The maximum atomic E-state index is 11.4. The highest BCUT2D eigenvalue weighted by Crippen LogP contribution is 2.24. The lowest BCUT2D eigenvalue weighted by Gasteiger charge is -2.14. The minimum Gasteiger partial charge on any atom is -0.497 e. The number of hydrogen-bond acceptors (Lipinski definition) is 5. The van der Waals surface area contributed by atoms with E-state index in [4.69, 9.17) is 14.2 Å². The fourth-order valence-corrected chi connectivity index (χ4v) is 1.80. The molecule has 21 heavy (non-hydrogen) atoms. The van der Waals surface area contributed by atoms with Crippen LogP contribution in [0.15, 0.2) is 18.2 Å². The Labute approximate surface area is 126 Å². The molecule has 0 unspecified atom stereocenters. The first kappa shape index (κ1) is 17.3. The van der Waals surface area contributed by atoms with Gasteiger partial charge in [0.1, 0.15) is 11.5 Å². The molecule has 0 amide bonds. The summed E-state index contributed by atoms with van der Waals surface area (Å²) in [5, 5.41) is 3.35. The van der Waals surface area contributed by atoms with Gasteiger partial charge in [0, 0.05) is 12.1 Å².